The van der Waals surface area contributed by atoms with E-state index in [1.54, 1.807) is 0 Å². The quantitative estimate of drug-likeness (QED) is 0.818. The summed E-state index contributed by atoms with van der Waals surface area (Å²) in [5.74, 6) is 0.0344. The number of hydrogen-bond donors (Lipinski definition) is 1. The van der Waals surface area contributed by atoms with Crippen LogP contribution in [0.2, 0.25) is 0 Å². The van der Waals surface area contributed by atoms with Gasteiger partial charge in [-0.2, -0.15) is 0 Å². The minimum Gasteiger partial charge on any atom is -0.375 e. The lowest BCUT2D eigenvalue weighted by Crippen LogP contribution is -2.32. The number of benzene rings is 2. The average Bonchev–Trinajstić information content (AvgIpc) is 2.49. The van der Waals surface area contributed by atoms with Gasteiger partial charge in [0.25, 0.3) is 0 Å². The van der Waals surface area contributed by atoms with Gasteiger partial charge in [-0.25, -0.2) is 0 Å². The van der Waals surface area contributed by atoms with E-state index in [-0.39, 0.29) is 17.7 Å². The zero-order valence-corrected chi connectivity index (χ0v) is 12.2. The predicted octanol–water partition coefficient (Wildman–Crippen LogP) is 3.83. The minimum absolute atomic E-state index is 0.0103. The van der Waals surface area contributed by atoms with Gasteiger partial charge in [0.15, 0.2) is 5.78 Å². The highest BCUT2D eigenvalue weighted by Gasteiger charge is 2.17. The van der Waals surface area contributed by atoms with Crippen molar-refractivity contribution in [1.82, 2.24) is 0 Å². The molecule has 0 aromatic heterocycles. The van der Waals surface area contributed by atoms with E-state index in [0.29, 0.717) is 6.42 Å². The van der Waals surface area contributed by atoms with Crippen molar-refractivity contribution in [3.8, 4) is 0 Å². The van der Waals surface area contributed by atoms with E-state index in [2.05, 4.69) is 5.32 Å². The number of Topliss-reactive ketones (excluding diaryl/α,β-unsaturated/α-hetero) is 1. The van der Waals surface area contributed by atoms with Crippen molar-refractivity contribution in [2.24, 2.45) is 0 Å². The summed E-state index contributed by atoms with van der Waals surface area (Å²) in [4.78, 5) is 12.0. The third-order valence-corrected chi connectivity index (χ3v) is 3.46. The molecule has 0 fully saturated rings. The molecule has 0 bridgehead atoms. The van der Waals surface area contributed by atoms with E-state index in [9.17, 15) is 4.79 Å². The van der Waals surface area contributed by atoms with E-state index in [1.165, 1.54) is 5.56 Å². The summed E-state index contributed by atoms with van der Waals surface area (Å²) in [7, 11) is 0. The van der Waals surface area contributed by atoms with E-state index in [0.717, 1.165) is 11.3 Å². The normalized spacial score (nSPS) is 11.9. The largest absolute Gasteiger partial charge is 0.375 e. The van der Waals surface area contributed by atoms with Gasteiger partial charge in [0, 0.05) is 5.69 Å². The summed E-state index contributed by atoms with van der Waals surface area (Å²) in [6.07, 6.45) is 0.639. The number of hydrogen-bond acceptors (Lipinski definition) is 2. The number of carbonyl (C=O) groups is 1. The fourth-order valence-corrected chi connectivity index (χ4v) is 2.23. The standard InChI is InChI=1S/C17H18ClNO/c1-13-7-9-15(10-8-13)19-16(17(20)12-18)11-14-5-3-2-4-6-14/h2-10,16,19H,11-12H2,1H3. The molecule has 0 aliphatic rings. The summed E-state index contributed by atoms with van der Waals surface area (Å²) >= 11 is 5.71. The minimum atomic E-state index is -0.294. The van der Waals surface area contributed by atoms with Crippen molar-refractivity contribution in [1.29, 1.82) is 0 Å². The fraction of sp³-hybridized carbons (Fsp3) is 0.235. The van der Waals surface area contributed by atoms with Crippen LogP contribution < -0.4 is 5.32 Å². The third-order valence-electron chi connectivity index (χ3n) is 3.20. The highest BCUT2D eigenvalue weighted by molar-refractivity contribution is 6.28. The Morgan fingerprint density at radius 1 is 1.10 bits per heavy atom. The number of aryl methyl sites for hydroxylation is 1. The summed E-state index contributed by atoms with van der Waals surface area (Å²) in [6, 6.07) is 17.7. The maximum absolute atomic E-state index is 12.0. The van der Waals surface area contributed by atoms with E-state index < -0.39 is 0 Å². The number of halogens is 1. The maximum Gasteiger partial charge on any atom is 0.170 e. The van der Waals surface area contributed by atoms with Crippen molar-refractivity contribution in [2.75, 3.05) is 11.2 Å². The van der Waals surface area contributed by atoms with Gasteiger partial charge in [0.05, 0.1) is 11.9 Å². The SMILES string of the molecule is Cc1ccc(NC(Cc2ccccc2)C(=O)CCl)cc1. The topological polar surface area (TPSA) is 29.1 Å². The zero-order chi connectivity index (χ0) is 14.4. The van der Waals surface area contributed by atoms with Crippen molar-refractivity contribution in [3.63, 3.8) is 0 Å². The van der Waals surface area contributed by atoms with E-state index in [1.807, 2.05) is 61.5 Å². The van der Waals surface area contributed by atoms with Crippen molar-refractivity contribution in [2.45, 2.75) is 19.4 Å². The molecule has 2 rings (SSSR count). The Kier molecular flexibility index (Phi) is 5.19. The zero-order valence-electron chi connectivity index (χ0n) is 11.5. The Bertz CT molecular complexity index is 551. The monoisotopic (exact) mass is 287 g/mol. The van der Waals surface area contributed by atoms with Gasteiger partial charge in [-0.3, -0.25) is 4.79 Å². The van der Waals surface area contributed by atoms with E-state index >= 15 is 0 Å². The van der Waals surface area contributed by atoms with Crippen LogP contribution in [0.4, 0.5) is 5.69 Å². The second kappa shape index (κ2) is 7.11. The molecule has 0 radical (unpaired) electrons. The third kappa shape index (κ3) is 4.10. The van der Waals surface area contributed by atoms with Crippen molar-refractivity contribution >= 4 is 23.1 Å². The molecule has 0 spiro atoms. The molecule has 3 heteroatoms. The van der Waals surface area contributed by atoms with Crippen LogP contribution >= 0.6 is 11.6 Å². The van der Waals surface area contributed by atoms with Crippen LogP contribution in [0, 0.1) is 6.92 Å². The first kappa shape index (κ1) is 14.6. The molecule has 2 aromatic carbocycles. The predicted molar refractivity (Wildman–Crippen MR) is 84.5 cm³/mol. The molecule has 1 atom stereocenters. The van der Waals surface area contributed by atoms with Crippen LogP contribution in [0.5, 0.6) is 0 Å². The van der Waals surface area contributed by atoms with Gasteiger partial charge in [0.1, 0.15) is 0 Å². The molecule has 0 amide bonds. The summed E-state index contributed by atoms with van der Waals surface area (Å²) in [5, 5.41) is 3.27. The van der Waals surface area contributed by atoms with Gasteiger partial charge >= 0.3 is 0 Å². The molecule has 2 aromatic rings. The second-order valence-electron chi connectivity index (χ2n) is 4.85. The van der Waals surface area contributed by atoms with Crippen LogP contribution in [0.3, 0.4) is 0 Å². The highest BCUT2D eigenvalue weighted by Crippen LogP contribution is 2.13. The maximum atomic E-state index is 12.0. The van der Waals surface area contributed by atoms with Crippen LogP contribution in [-0.2, 0) is 11.2 Å². The first-order chi connectivity index (χ1) is 9.69. The molecule has 104 valence electrons. The van der Waals surface area contributed by atoms with Crippen molar-refractivity contribution in [3.05, 3.63) is 65.7 Å². The van der Waals surface area contributed by atoms with E-state index in [4.69, 9.17) is 11.6 Å². The van der Waals surface area contributed by atoms with Gasteiger partial charge in [-0.05, 0) is 31.0 Å². The van der Waals surface area contributed by atoms with Crippen LogP contribution in [0.25, 0.3) is 0 Å². The Labute approximate surface area is 124 Å². The lowest BCUT2D eigenvalue weighted by molar-refractivity contribution is -0.117. The first-order valence-corrected chi connectivity index (χ1v) is 7.18. The lowest BCUT2D eigenvalue weighted by atomic mass is 10.0. The molecule has 1 unspecified atom stereocenters. The van der Waals surface area contributed by atoms with Crippen LogP contribution in [0.1, 0.15) is 11.1 Å². The number of rotatable bonds is 6. The molecular formula is C17H18ClNO. The average molecular weight is 288 g/mol. The van der Waals surface area contributed by atoms with Crippen LogP contribution in [0.15, 0.2) is 54.6 Å². The molecule has 0 aliphatic carbocycles. The Morgan fingerprint density at radius 2 is 1.75 bits per heavy atom. The molecule has 0 saturated carbocycles. The first-order valence-electron chi connectivity index (χ1n) is 6.65. The molecule has 0 heterocycles. The molecule has 0 saturated heterocycles. The number of anilines is 1. The second-order valence-corrected chi connectivity index (χ2v) is 5.12. The Balaban J connectivity index is 2.11. The molecular weight excluding hydrogens is 270 g/mol. The smallest absolute Gasteiger partial charge is 0.170 e. The fourth-order valence-electron chi connectivity index (χ4n) is 2.04. The van der Waals surface area contributed by atoms with Gasteiger partial charge in [0.2, 0.25) is 0 Å². The lowest BCUT2D eigenvalue weighted by Gasteiger charge is -2.18. The van der Waals surface area contributed by atoms with Gasteiger partial charge < -0.3 is 5.32 Å². The van der Waals surface area contributed by atoms with Crippen molar-refractivity contribution < 1.29 is 4.79 Å². The number of ketones is 1. The molecule has 1 N–H and O–H groups in total. The van der Waals surface area contributed by atoms with Gasteiger partial charge in [-0.1, -0.05) is 48.0 Å². The molecule has 20 heavy (non-hydrogen) atoms. The van der Waals surface area contributed by atoms with Gasteiger partial charge in [-0.15, -0.1) is 11.6 Å². The van der Waals surface area contributed by atoms with Crippen LogP contribution in [-0.4, -0.2) is 17.7 Å². The molecule has 2 nitrogen and oxygen atoms in total. The Morgan fingerprint density at radius 3 is 2.35 bits per heavy atom. The summed E-state index contributed by atoms with van der Waals surface area (Å²) < 4.78 is 0. The number of nitrogens with one attached hydrogen (secondary N) is 1. The Hall–Kier alpha value is -1.80. The highest BCUT2D eigenvalue weighted by atomic mass is 35.5. The summed E-state index contributed by atoms with van der Waals surface area (Å²) in [5.41, 5.74) is 3.25. The molecule has 0 aliphatic heterocycles. The number of alkyl halides is 1. The summed E-state index contributed by atoms with van der Waals surface area (Å²) in [6.45, 7) is 2.04. The number of carbonyl (C=O) groups excluding carboxylic acids is 1.